The van der Waals surface area contributed by atoms with Crippen molar-refractivity contribution in [3.8, 4) is 10.7 Å². The first-order valence-electron chi connectivity index (χ1n) is 6.23. The standard InChI is InChI=1S/C13H19N3OS/c1-4-7-16-13(12-10(2)6-9-18-12)14-11(15-16)5-8-17-3/h6,9H,4-5,7-8H2,1-3H3. The van der Waals surface area contributed by atoms with Crippen molar-refractivity contribution in [1.82, 2.24) is 14.8 Å². The number of ether oxygens (including phenoxy) is 1. The van der Waals surface area contributed by atoms with Gasteiger partial charge in [0.1, 0.15) is 0 Å². The van der Waals surface area contributed by atoms with Crippen molar-refractivity contribution >= 4 is 11.3 Å². The van der Waals surface area contributed by atoms with Gasteiger partial charge in [-0.3, -0.25) is 0 Å². The van der Waals surface area contributed by atoms with Gasteiger partial charge < -0.3 is 4.74 Å². The van der Waals surface area contributed by atoms with Gasteiger partial charge in [0, 0.05) is 20.1 Å². The number of rotatable bonds is 6. The summed E-state index contributed by atoms with van der Waals surface area (Å²) in [5, 5.41) is 6.67. The van der Waals surface area contributed by atoms with Crippen LogP contribution >= 0.6 is 11.3 Å². The lowest BCUT2D eigenvalue weighted by Crippen LogP contribution is -2.02. The van der Waals surface area contributed by atoms with Crippen LogP contribution in [0.25, 0.3) is 10.7 Å². The SMILES string of the molecule is CCCn1nc(CCOC)nc1-c1sccc1C. The van der Waals surface area contributed by atoms with E-state index < -0.39 is 0 Å². The number of hydrogen-bond donors (Lipinski definition) is 0. The molecule has 0 unspecified atom stereocenters. The van der Waals surface area contributed by atoms with E-state index in [-0.39, 0.29) is 0 Å². The van der Waals surface area contributed by atoms with Crippen molar-refractivity contribution < 1.29 is 4.74 Å². The molecule has 18 heavy (non-hydrogen) atoms. The molecule has 5 heteroatoms. The molecule has 0 N–H and O–H groups in total. The first kappa shape index (κ1) is 13.2. The van der Waals surface area contributed by atoms with E-state index in [1.165, 1.54) is 10.4 Å². The second kappa shape index (κ2) is 6.11. The Morgan fingerprint density at radius 2 is 2.28 bits per heavy atom. The number of hydrogen-bond acceptors (Lipinski definition) is 4. The van der Waals surface area contributed by atoms with Crippen molar-refractivity contribution in [3.63, 3.8) is 0 Å². The van der Waals surface area contributed by atoms with Crippen LogP contribution in [0.15, 0.2) is 11.4 Å². The molecule has 0 radical (unpaired) electrons. The van der Waals surface area contributed by atoms with Gasteiger partial charge in [0.05, 0.1) is 11.5 Å². The lowest BCUT2D eigenvalue weighted by atomic mass is 10.3. The van der Waals surface area contributed by atoms with E-state index >= 15 is 0 Å². The number of aryl methyl sites for hydroxylation is 2. The fourth-order valence-corrected chi connectivity index (χ4v) is 2.74. The molecule has 0 aliphatic heterocycles. The maximum Gasteiger partial charge on any atom is 0.168 e. The van der Waals surface area contributed by atoms with E-state index in [1.807, 2.05) is 4.68 Å². The van der Waals surface area contributed by atoms with E-state index in [2.05, 4.69) is 35.4 Å². The van der Waals surface area contributed by atoms with Crippen LogP contribution in [0, 0.1) is 6.92 Å². The van der Waals surface area contributed by atoms with Crippen molar-refractivity contribution in [2.45, 2.75) is 33.2 Å². The number of methoxy groups -OCH3 is 1. The fourth-order valence-electron chi connectivity index (χ4n) is 1.83. The summed E-state index contributed by atoms with van der Waals surface area (Å²) in [5.74, 6) is 1.86. The minimum Gasteiger partial charge on any atom is -0.384 e. The molecule has 0 aliphatic carbocycles. The van der Waals surface area contributed by atoms with Gasteiger partial charge in [-0.25, -0.2) is 9.67 Å². The Morgan fingerprint density at radius 3 is 2.89 bits per heavy atom. The van der Waals surface area contributed by atoms with Gasteiger partial charge in [0.2, 0.25) is 0 Å². The zero-order valence-corrected chi connectivity index (χ0v) is 12.0. The van der Waals surface area contributed by atoms with Gasteiger partial charge in [-0.2, -0.15) is 5.10 Å². The first-order chi connectivity index (χ1) is 8.76. The number of thiophene rings is 1. The molecule has 0 aliphatic rings. The molecule has 0 saturated carbocycles. The second-order valence-electron chi connectivity index (χ2n) is 4.25. The van der Waals surface area contributed by atoms with E-state index in [1.54, 1.807) is 18.4 Å². The first-order valence-corrected chi connectivity index (χ1v) is 7.11. The number of nitrogens with zero attached hydrogens (tertiary/aromatic N) is 3. The van der Waals surface area contributed by atoms with Crippen LogP contribution in [-0.4, -0.2) is 28.5 Å². The van der Waals surface area contributed by atoms with Crippen molar-refractivity contribution in [2.75, 3.05) is 13.7 Å². The third-order valence-electron chi connectivity index (χ3n) is 2.75. The summed E-state index contributed by atoms with van der Waals surface area (Å²) in [5.41, 5.74) is 1.27. The Morgan fingerprint density at radius 1 is 1.44 bits per heavy atom. The highest BCUT2D eigenvalue weighted by molar-refractivity contribution is 7.13. The number of aromatic nitrogens is 3. The van der Waals surface area contributed by atoms with Gasteiger partial charge in [-0.05, 0) is 30.4 Å². The van der Waals surface area contributed by atoms with Gasteiger partial charge in [0.15, 0.2) is 11.6 Å². The Hall–Kier alpha value is -1.20. The largest absolute Gasteiger partial charge is 0.384 e. The lowest BCUT2D eigenvalue weighted by molar-refractivity contribution is 0.200. The van der Waals surface area contributed by atoms with E-state index in [4.69, 9.17) is 4.74 Å². The Labute approximate surface area is 112 Å². The topological polar surface area (TPSA) is 39.9 Å². The van der Waals surface area contributed by atoms with Crippen LogP contribution in [0.2, 0.25) is 0 Å². The monoisotopic (exact) mass is 265 g/mol. The highest BCUT2D eigenvalue weighted by atomic mass is 32.1. The Bertz CT molecular complexity index is 504. The van der Waals surface area contributed by atoms with Crippen LogP contribution in [0.4, 0.5) is 0 Å². The van der Waals surface area contributed by atoms with Crippen LogP contribution < -0.4 is 0 Å². The highest BCUT2D eigenvalue weighted by Crippen LogP contribution is 2.27. The molecular formula is C13H19N3OS. The Balaban J connectivity index is 2.32. The molecule has 98 valence electrons. The average Bonchev–Trinajstić information content (AvgIpc) is 2.93. The lowest BCUT2D eigenvalue weighted by Gasteiger charge is -2.02. The molecule has 0 atom stereocenters. The summed E-state index contributed by atoms with van der Waals surface area (Å²) in [6.45, 7) is 5.85. The predicted molar refractivity (Wildman–Crippen MR) is 73.9 cm³/mol. The molecule has 0 bridgehead atoms. The third kappa shape index (κ3) is 2.79. The highest BCUT2D eigenvalue weighted by Gasteiger charge is 2.14. The quantitative estimate of drug-likeness (QED) is 0.806. The van der Waals surface area contributed by atoms with Crippen molar-refractivity contribution in [3.05, 3.63) is 22.8 Å². The predicted octanol–water partition coefficient (Wildman–Crippen LogP) is 2.91. The molecule has 2 rings (SSSR count). The zero-order valence-electron chi connectivity index (χ0n) is 11.1. The van der Waals surface area contributed by atoms with Gasteiger partial charge in [0.25, 0.3) is 0 Å². The van der Waals surface area contributed by atoms with Crippen LogP contribution in [0.3, 0.4) is 0 Å². The average molecular weight is 265 g/mol. The summed E-state index contributed by atoms with van der Waals surface area (Å²) in [6.07, 6.45) is 1.83. The van der Waals surface area contributed by atoms with Crippen LogP contribution in [0.1, 0.15) is 24.7 Å². The molecule has 2 aromatic rings. The summed E-state index contributed by atoms with van der Waals surface area (Å²) in [4.78, 5) is 5.87. The summed E-state index contributed by atoms with van der Waals surface area (Å²) in [6, 6.07) is 2.12. The molecule has 2 heterocycles. The maximum absolute atomic E-state index is 5.08. The summed E-state index contributed by atoms with van der Waals surface area (Å²) >= 11 is 1.73. The van der Waals surface area contributed by atoms with Crippen LogP contribution in [-0.2, 0) is 17.7 Å². The molecule has 0 amide bonds. The minimum atomic E-state index is 0.666. The second-order valence-corrected chi connectivity index (χ2v) is 5.17. The molecule has 0 saturated heterocycles. The van der Waals surface area contributed by atoms with Gasteiger partial charge >= 0.3 is 0 Å². The molecule has 0 spiro atoms. The molecule has 0 fully saturated rings. The summed E-state index contributed by atoms with van der Waals surface area (Å²) < 4.78 is 7.10. The third-order valence-corrected chi connectivity index (χ3v) is 3.76. The zero-order chi connectivity index (χ0) is 13.0. The molecular weight excluding hydrogens is 246 g/mol. The Kier molecular flexibility index (Phi) is 4.49. The fraction of sp³-hybridized carbons (Fsp3) is 0.538. The van der Waals surface area contributed by atoms with Gasteiger partial charge in [-0.1, -0.05) is 6.92 Å². The normalized spacial score (nSPS) is 11.1. The van der Waals surface area contributed by atoms with E-state index in [0.29, 0.717) is 6.61 Å². The summed E-state index contributed by atoms with van der Waals surface area (Å²) in [7, 11) is 1.70. The van der Waals surface area contributed by atoms with Crippen molar-refractivity contribution in [1.29, 1.82) is 0 Å². The molecule has 0 aromatic carbocycles. The van der Waals surface area contributed by atoms with Gasteiger partial charge in [-0.15, -0.1) is 11.3 Å². The van der Waals surface area contributed by atoms with E-state index in [0.717, 1.165) is 31.0 Å². The molecule has 2 aromatic heterocycles. The minimum absolute atomic E-state index is 0.666. The molecule has 4 nitrogen and oxygen atoms in total. The maximum atomic E-state index is 5.08. The smallest absolute Gasteiger partial charge is 0.168 e. The van der Waals surface area contributed by atoms with E-state index in [9.17, 15) is 0 Å². The van der Waals surface area contributed by atoms with Crippen molar-refractivity contribution in [2.24, 2.45) is 0 Å². The van der Waals surface area contributed by atoms with Crippen LogP contribution in [0.5, 0.6) is 0 Å².